The van der Waals surface area contributed by atoms with Crippen LogP contribution in [0.4, 0.5) is 5.13 Å². The van der Waals surface area contributed by atoms with Gasteiger partial charge in [-0.3, -0.25) is 4.90 Å². The molecule has 0 amide bonds. The zero-order chi connectivity index (χ0) is 22.6. The molecule has 2 aliphatic heterocycles. The van der Waals surface area contributed by atoms with E-state index in [4.69, 9.17) is 9.97 Å². The number of aromatic nitrogens is 2. The fourth-order valence-corrected chi connectivity index (χ4v) is 7.46. The van der Waals surface area contributed by atoms with E-state index in [1.54, 1.807) is 0 Å². The van der Waals surface area contributed by atoms with Crippen LogP contribution in [-0.2, 0) is 0 Å². The molecular weight excluding hydrogens is 424 g/mol. The highest BCUT2D eigenvalue weighted by Crippen LogP contribution is 2.38. The first-order valence-corrected chi connectivity index (χ1v) is 14.5. The van der Waals surface area contributed by atoms with Gasteiger partial charge in [0.05, 0.1) is 4.70 Å². The molecule has 2 atom stereocenters. The smallest absolute Gasteiger partial charge is 0.188 e. The molecular formula is C28H42N4S. The summed E-state index contributed by atoms with van der Waals surface area (Å²) in [6, 6.07) is 2.34. The van der Waals surface area contributed by atoms with E-state index in [0.717, 1.165) is 62.5 Å². The molecule has 0 radical (unpaired) electrons. The second kappa shape index (κ2) is 10.9. The van der Waals surface area contributed by atoms with E-state index >= 15 is 0 Å². The van der Waals surface area contributed by atoms with Crippen molar-refractivity contribution >= 4 is 32.4 Å². The fraction of sp³-hybridized carbons (Fsp3) is 0.714. The molecule has 1 saturated carbocycles. The van der Waals surface area contributed by atoms with Crippen LogP contribution in [0.15, 0.2) is 18.3 Å². The van der Waals surface area contributed by atoms with Crippen molar-refractivity contribution in [2.45, 2.75) is 78.1 Å². The van der Waals surface area contributed by atoms with Crippen LogP contribution in [-0.4, -0.2) is 47.6 Å². The zero-order valence-electron chi connectivity index (χ0n) is 20.8. The third kappa shape index (κ3) is 5.45. The van der Waals surface area contributed by atoms with Gasteiger partial charge in [0.15, 0.2) is 10.8 Å². The number of hydrogen-bond acceptors (Lipinski definition) is 5. The topological polar surface area (TPSA) is 32.3 Å². The second-order valence-electron chi connectivity index (χ2n) is 10.7. The van der Waals surface area contributed by atoms with Gasteiger partial charge in [0.2, 0.25) is 0 Å². The van der Waals surface area contributed by atoms with Crippen LogP contribution in [0.5, 0.6) is 0 Å². The van der Waals surface area contributed by atoms with Gasteiger partial charge in [0, 0.05) is 32.4 Å². The van der Waals surface area contributed by atoms with E-state index in [1.807, 2.05) is 17.5 Å². The first-order valence-electron chi connectivity index (χ1n) is 13.6. The lowest BCUT2D eigenvalue weighted by molar-refractivity contribution is 0.210. The molecule has 4 heterocycles. The highest BCUT2D eigenvalue weighted by atomic mass is 32.1. The van der Waals surface area contributed by atoms with Gasteiger partial charge in [-0.2, -0.15) is 4.98 Å². The molecule has 4 nitrogen and oxygen atoms in total. The number of anilines is 1. The Kier molecular flexibility index (Phi) is 7.66. The van der Waals surface area contributed by atoms with Crippen LogP contribution in [0, 0.1) is 17.8 Å². The first kappa shape index (κ1) is 23.3. The summed E-state index contributed by atoms with van der Waals surface area (Å²) in [6.07, 6.45) is 18.4. The van der Waals surface area contributed by atoms with Crippen LogP contribution in [0.25, 0.3) is 15.9 Å². The summed E-state index contributed by atoms with van der Waals surface area (Å²) in [5.74, 6) is 2.74. The summed E-state index contributed by atoms with van der Waals surface area (Å²) in [7, 11) is 0. The second-order valence-corrected chi connectivity index (χ2v) is 11.7. The maximum absolute atomic E-state index is 4.97. The maximum atomic E-state index is 4.97. The van der Waals surface area contributed by atoms with Gasteiger partial charge in [-0.25, -0.2) is 4.98 Å². The Morgan fingerprint density at radius 3 is 2.55 bits per heavy atom. The number of fused-ring (bicyclic) bond motifs is 1. The largest absolute Gasteiger partial charge is 0.348 e. The van der Waals surface area contributed by atoms with Gasteiger partial charge in [0.25, 0.3) is 0 Å². The first-order chi connectivity index (χ1) is 16.2. The van der Waals surface area contributed by atoms with E-state index in [1.165, 1.54) is 78.8 Å². The van der Waals surface area contributed by atoms with Crippen molar-refractivity contribution in [1.82, 2.24) is 14.9 Å². The average Bonchev–Trinajstić information content (AvgIpc) is 3.03. The van der Waals surface area contributed by atoms with Crippen LogP contribution in [0.1, 0.15) is 83.6 Å². The molecule has 2 aromatic heterocycles. The van der Waals surface area contributed by atoms with Gasteiger partial charge in [0.1, 0.15) is 0 Å². The van der Waals surface area contributed by atoms with Gasteiger partial charge in [-0.05, 0) is 67.2 Å². The van der Waals surface area contributed by atoms with Crippen molar-refractivity contribution in [3.05, 3.63) is 23.9 Å². The molecule has 2 unspecified atom stereocenters. The van der Waals surface area contributed by atoms with Crippen molar-refractivity contribution in [3.8, 4) is 0 Å². The summed E-state index contributed by atoms with van der Waals surface area (Å²) in [5, 5.41) is 1.19. The minimum atomic E-state index is 0.884. The van der Waals surface area contributed by atoms with Gasteiger partial charge < -0.3 is 4.90 Å². The molecule has 3 aliphatic rings. The summed E-state index contributed by atoms with van der Waals surface area (Å²) >= 11 is 1.85. The number of hydrogen-bond donors (Lipinski definition) is 0. The SMILES string of the molecule is CCN1CC=C(c2cnc3nc(N4CCCC(C(C)C5CCCCCC5)CC4)sc3c2)CC1. The molecule has 180 valence electrons. The van der Waals surface area contributed by atoms with Crippen molar-refractivity contribution in [1.29, 1.82) is 0 Å². The normalized spacial score (nSPS) is 25.0. The Hall–Kier alpha value is -1.46. The van der Waals surface area contributed by atoms with Crippen LogP contribution < -0.4 is 4.90 Å². The third-order valence-electron chi connectivity index (χ3n) is 8.78. The number of thiazole rings is 1. The molecule has 0 N–H and O–H groups in total. The highest BCUT2D eigenvalue weighted by Gasteiger charge is 2.29. The van der Waals surface area contributed by atoms with E-state index < -0.39 is 0 Å². The predicted molar refractivity (Wildman–Crippen MR) is 142 cm³/mol. The van der Waals surface area contributed by atoms with Crippen molar-refractivity contribution in [2.24, 2.45) is 17.8 Å². The Morgan fingerprint density at radius 2 is 1.79 bits per heavy atom. The minimum absolute atomic E-state index is 0.884. The van der Waals surface area contributed by atoms with E-state index in [0.29, 0.717) is 0 Å². The highest BCUT2D eigenvalue weighted by molar-refractivity contribution is 7.22. The van der Waals surface area contributed by atoms with Crippen LogP contribution in [0.3, 0.4) is 0 Å². The lowest BCUT2D eigenvalue weighted by Gasteiger charge is -2.30. The Bertz CT molecular complexity index is 943. The standard InChI is InChI=1S/C28H42N4S/c1-3-31-16-12-24(13-17-31)25-19-26-27(29-20-25)30-28(33-26)32-15-8-11-23(14-18-32)21(2)22-9-6-4-5-7-10-22/h12,19-23H,3-11,13-18H2,1-2H3. The number of pyridine rings is 1. The number of rotatable bonds is 5. The fourth-order valence-electron chi connectivity index (χ4n) is 6.44. The summed E-state index contributed by atoms with van der Waals surface area (Å²) in [6.45, 7) is 10.5. The zero-order valence-corrected chi connectivity index (χ0v) is 21.6. The number of likely N-dealkylation sites (N-methyl/N-ethyl adjacent to an activating group) is 1. The minimum Gasteiger partial charge on any atom is -0.348 e. The summed E-state index contributed by atoms with van der Waals surface area (Å²) in [5.41, 5.74) is 3.67. The molecule has 2 fully saturated rings. The van der Waals surface area contributed by atoms with Gasteiger partial charge in [-0.1, -0.05) is 69.8 Å². The summed E-state index contributed by atoms with van der Waals surface area (Å²) in [4.78, 5) is 14.8. The van der Waals surface area contributed by atoms with Crippen LogP contribution in [0.2, 0.25) is 0 Å². The lowest BCUT2D eigenvalue weighted by atomic mass is 9.76. The van der Waals surface area contributed by atoms with Gasteiger partial charge in [-0.15, -0.1) is 0 Å². The predicted octanol–water partition coefficient (Wildman–Crippen LogP) is 7.01. The molecule has 0 spiro atoms. The summed E-state index contributed by atoms with van der Waals surface area (Å²) < 4.78 is 1.24. The van der Waals surface area contributed by atoms with E-state index in [9.17, 15) is 0 Å². The molecule has 0 aromatic carbocycles. The lowest BCUT2D eigenvalue weighted by Crippen LogP contribution is -2.28. The average molecular weight is 467 g/mol. The molecule has 1 aliphatic carbocycles. The maximum Gasteiger partial charge on any atom is 0.188 e. The van der Waals surface area contributed by atoms with Crippen molar-refractivity contribution < 1.29 is 0 Å². The Balaban J connectivity index is 1.25. The monoisotopic (exact) mass is 466 g/mol. The molecule has 1 saturated heterocycles. The molecule has 5 rings (SSSR count). The van der Waals surface area contributed by atoms with Crippen LogP contribution >= 0.6 is 11.3 Å². The molecule has 0 bridgehead atoms. The molecule has 2 aromatic rings. The quantitative estimate of drug-likeness (QED) is 0.444. The molecule has 5 heteroatoms. The Morgan fingerprint density at radius 1 is 1.00 bits per heavy atom. The number of nitrogens with zero attached hydrogens (tertiary/aromatic N) is 4. The van der Waals surface area contributed by atoms with E-state index in [2.05, 4.69) is 35.8 Å². The van der Waals surface area contributed by atoms with E-state index in [-0.39, 0.29) is 0 Å². The van der Waals surface area contributed by atoms with Gasteiger partial charge >= 0.3 is 0 Å². The third-order valence-corrected chi connectivity index (χ3v) is 9.83. The Labute approximate surface area is 204 Å². The molecule has 33 heavy (non-hydrogen) atoms. The van der Waals surface area contributed by atoms with Crippen molar-refractivity contribution in [3.63, 3.8) is 0 Å². The van der Waals surface area contributed by atoms with Crippen molar-refractivity contribution in [2.75, 3.05) is 37.6 Å².